The van der Waals surface area contributed by atoms with Crippen LogP contribution in [0, 0.1) is 16.0 Å². The molecular weight excluding hydrogens is 396 g/mol. The van der Waals surface area contributed by atoms with E-state index in [0.29, 0.717) is 19.4 Å². The predicted octanol–water partition coefficient (Wildman–Crippen LogP) is 1.27. The Morgan fingerprint density at radius 3 is 2.73 bits per heavy atom. The largest absolute Gasteiger partial charge is 0.477 e. The van der Waals surface area contributed by atoms with E-state index in [2.05, 4.69) is 10.9 Å². The fourth-order valence-corrected chi connectivity index (χ4v) is 3.07. The summed E-state index contributed by atoms with van der Waals surface area (Å²) in [6.45, 7) is 0.201. The Morgan fingerprint density at radius 1 is 1.20 bits per heavy atom. The number of ether oxygens (including phenoxy) is 1. The van der Waals surface area contributed by atoms with Crippen LogP contribution in [0.3, 0.4) is 0 Å². The lowest BCUT2D eigenvalue weighted by Gasteiger charge is -2.31. The SMILES string of the molecule is O=C(COc1ccccc1[N+](=O)[O-])NNC(=O)[C@H]1CCCN(C(=O)c2ccco2)C1. The van der Waals surface area contributed by atoms with E-state index < -0.39 is 29.3 Å². The molecule has 11 heteroatoms. The zero-order chi connectivity index (χ0) is 21.5. The van der Waals surface area contributed by atoms with Gasteiger partial charge in [0.15, 0.2) is 18.1 Å². The Bertz CT molecular complexity index is 929. The zero-order valence-electron chi connectivity index (χ0n) is 15.9. The van der Waals surface area contributed by atoms with Crippen molar-refractivity contribution in [1.29, 1.82) is 0 Å². The molecule has 0 aliphatic carbocycles. The highest BCUT2D eigenvalue weighted by Gasteiger charge is 2.30. The maximum atomic E-state index is 12.4. The number of benzene rings is 1. The number of piperidine rings is 1. The van der Waals surface area contributed by atoms with Crippen molar-refractivity contribution in [2.45, 2.75) is 12.8 Å². The first-order valence-corrected chi connectivity index (χ1v) is 9.23. The number of rotatable bonds is 6. The van der Waals surface area contributed by atoms with Crippen LogP contribution in [0.25, 0.3) is 0 Å². The number of amides is 3. The molecule has 1 fully saturated rings. The van der Waals surface area contributed by atoms with Gasteiger partial charge in [0.1, 0.15) is 0 Å². The normalized spacial score (nSPS) is 15.9. The van der Waals surface area contributed by atoms with Crippen molar-refractivity contribution in [3.63, 3.8) is 0 Å². The fraction of sp³-hybridized carbons (Fsp3) is 0.316. The van der Waals surface area contributed by atoms with Crippen molar-refractivity contribution in [3.8, 4) is 5.75 Å². The highest BCUT2D eigenvalue weighted by molar-refractivity contribution is 5.92. The van der Waals surface area contributed by atoms with Gasteiger partial charge >= 0.3 is 5.69 Å². The molecule has 0 unspecified atom stereocenters. The van der Waals surface area contributed by atoms with Gasteiger partial charge in [0, 0.05) is 19.2 Å². The van der Waals surface area contributed by atoms with Crippen molar-refractivity contribution in [2.75, 3.05) is 19.7 Å². The zero-order valence-corrected chi connectivity index (χ0v) is 15.9. The summed E-state index contributed by atoms with van der Waals surface area (Å²) >= 11 is 0. The Labute approximate surface area is 171 Å². The molecule has 1 aromatic heterocycles. The first-order chi connectivity index (χ1) is 14.5. The molecule has 1 atom stereocenters. The number of nitro groups is 1. The number of nitrogens with one attached hydrogen (secondary N) is 2. The van der Waals surface area contributed by atoms with Gasteiger partial charge in [0.25, 0.3) is 11.8 Å². The summed E-state index contributed by atoms with van der Waals surface area (Å²) in [5.74, 6) is -1.75. The number of nitrogens with zero attached hydrogens (tertiary/aromatic N) is 2. The number of carbonyl (C=O) groups excluding carboxylic acids is 3. The molecule has 30 heavy (non-hydrogen) atoms. The molecular formula is C19H20N4O7. The van der Waals surface area contributed by atoms with Crippen molar-refractivity contribution < 1.29 is 28.5 Å². The number of likely N-dealkylation sites (tertiary alicyclic amines) is 1. The minimum Gasteiger partial charge on any atom is -0.477 e. The molecule has 158 valence electrons. The van der Waals surface area contributed by atoms with E-state index >= 15 is 0 Å². The highest BCUT2D eigenvalue weighted by atomic mass is 16.6. The molecule has 1 aliphatic rings. The predicted molar refractivity (Wildman–Crippen MR) is 102 cm³/mol. The van der Waals surface area contributed by atoms with Crippen LogP contribution in [0.1, 0.15) is 23.4 Å². The topological polar surface area (TPSA) is 144 Å². The first kappa shape index (κ1) is 20.8. The van der Waals surface area contributed by atoms with Crippen LogP contribution in [0.2, 0.25) is 0 Å². The number of carbonyl (C=O) groups is 3. The summed E-state index contributed by atoms with van der Waals surface area (Å²) in [4.78, 5) is 48.5. The third-order valence-corrected chi connectivity index (χ3v) is 4.56. The van der Waals surface area contributed by atoms with Crippen LogP contribution < -0.4 is 15.6 Å². The van der Waals surface area contributed by atoms with Crippen molar-refractivity contribution in [3.05, 3.63) is 58.5 Å². The van der Waals surface area contributed by atoms with E-state index in [1.54, 1.807) is 18.2 Å². The lowest BCUT2D eigenvalue weighted by molar-refractivity contribution is -0.385. The number of hydrazine groups is 1. The number of hydrogen-bond acceptors (Lipinski definition) is 7. The minimum atomic E-state index is -0.680. The van der Waals surface area contributed by atoms with Gasteiger partial charge < -0.3 is 14.1 Å². The van der Waals surface area contributed by atoms with E-state index in [4.69, 9.17) is 9.15 Å². The molecule has 11 nitrogen and oxygen atoms in total. The van der Waals surface area contributed by atoms with Gasteiger partial charge in [-0.3, -0.25) is 35.3 Å². The van der Waals surface area contributed by atoms with E-state index in [0.717, 1.165) is 0 Å². The van der Waals surface area contributed by atoms with Crippen LogP contribution >= 0.6 is 0 Å². The van der Waals surface area contributed by atoms with Gasteiger partial charge in [-0.2, -0.15) is 0 Å². The van der Waals surface area contributed by atoms with Crippen molar-refractivity contribution in [1.82, 2.24) is 15.8 Å². The quantitative estimate of drug-likeness (QED) is 0.533. The van der Waals surface area contributed by atoms with Gasteiger partial charge in [-0.25, -0.2) is 0 Å². The molecule has 3 rings (SSSR count). The van der Waals surface area contributed by atoms with Crippen LogP contribution in [0.15, 0.2) is 47.1 Å². The third-order valence-electron chi connectivity index (χ3n) is 4.56. The van der Waals surface area contributed by atoms with Gasteiger partial charge in [0.05, 0.1) is 17.1 Å². The standard InChI is InChI=1S/C19H20N4O7/c24-17(12-30-15-7-2-1-6-14(15)23(27)28)20-21-18(25)13-5-3-9-22(11-13)19(26)16-8-4-10-29-16/h1-2,4,6-8,10,13H,3,5,9,11-12H2,(H,20,24)(H,21,25)/t13-/m0/s1. The third kappa shape index (κ3) is 5.13. The Morgan fingerprint density at radius 2 is 2.00 bits per heavy atom. The molecule has 1 saturated heterocycles. The second-order valence-electron chi connectivity index (χ2n) is 6.62. The van der Waals surface area contributed by atoms with Gasteiger partial charge in [0.2, 0.25) is 5.91 Å². The molecule has 0 radical (unpaired) electrons. The average molecular weight is 416 g/mol. The molecule has 3 amide bonds. The maximum absolute atomic E-state index is 12.4. The summed E-state index contributed by atoms with van der Waals surface area (Å²) in [5.41, 5.74) is 4.26. The smallest absolute Gasteiger partial charge is 0.310 e. The monoisotopic (exact) mass is 416 g/mol. The molecule has 2 N–H and O–H groups in total. The first-order valence-electron chi connectivity index (χ1n) is 9.23. The van der Waals surface area contributed by atoms with E-state index in [-0.39, 0.29) is 29.6 Å². The summed E-state index contributed by atoms with van der Waals surface area (Å²) in [7, 11) is 0. The summed E-state index contributed by atoms with van der Waals surface area (Å²) in [6, 6.07) is 8.83. The van der Waals surface area contributed by atoms with E-state index in [1.807, 2.05) is 0 Å². The molecule has 0 spiro atoms. The number of para-hydroxylation sites is 2. The lowest BCUT2D eigenvalue weighted by Crippen LogP contribution is -2.50. The number of hydrogen-bond donors (Lipinski definition) is 2. The minimum absolute atomic E-state index is 0.0525. The molecule has 0 saturated carbocycles. The second-order valence-corrected chi connectivity index (χ2v) is 6.62. The van der Waals surface area contributed by atoms with Crippen LogP contribution in [-0.4, -0.2) is 47.2 Å². The Balaban J connectivity index is 1.46. The molecule has 2 aromatic rings. The van der Waals surface area contributed by atoms with Crippen LogP contribution in [-0.2, 0) is 9.59 Å². The summed E-state index contributed by atoms with van der Waals surface area (Å²) in [6.07, 6.45) is 2.61. The van der Waals surface area contributed by atoms with E-state index in [9.17, 15) is 24.5 Å². The van der Waals surface area contributed by atoms with Gasteiger partial charge in [-0.05, 0) is 31.0 Å². The Hall–Kier alpha value is -3.89. The average Bonchev–Trinajstić information content (AvgIpc) is 3.30. The van der Waals surface area contributed by atoms with E-state index in [1.165, 1.54) is 29.4 Å². The van der Waals surface area contributed by atoms with Crippen molar-refractivity contribution >= 4 is 23.4 Å². The summed E-state index contributed by atoms with van der Waals surface area (Å²) in [5, 5.41) is 10.9. The van der Waals surface area contributed by atoms with Crippen molar-refractivity contribution in [2.24, 2.45) is 5.92 Å². The maximum Gasteiger partial charge on any atom is 0.310 e. The highest BCUT2D eigenvalue weighted by Crippen LogP contribution is 2.25. The van der Waals surface area contributed by atoms with Crippen LogP contribution in [0.4, 0.5) is 5.69 Å². The molecule has 0 bridgehead atoms. The van der Waals surface area contributed by atoms with Gasteiger partial charge in [-0.1, -0.05) is 12.1 Å². The fourth-order valence-electron chi connectivity index (χ4n) is 3.07. The number of nitro benzene ring substituents is 1. The molecule has 1 aromatic carbocycles. The Kier molecular flexibility index (Phi) is 6.63. The molecule has 1 aliphatic heterocycles. The number of furan rings is 1. The lowest BCUT2D eigenvalue weighted by atomic mass is 9.97. The van der Waals surface area contributed by atoms with Gasteiger partial charge in [-0.15, -0.1) is 0 Å². The summed E-state index contributed by atoms with van der Waals surface area (Å²) < 4.78 is 10.3. The second kappa shape index (κ2) is 9.54. The van der Waals surface area contributed by atoms with Crippen LogP contribution in [0.5, 0.6) is 5.75 Å². The molecule has 2 heterocycles.